The molecule has 1 aliphatic heterocycles. The molecule has 2 aliphatic rings. The Bertz CT molecular complexity index is 1810. The van der Waals surface area contributed by atoms with Crippen molar-refractivity contribution in [3.8, 4) is 22.8 Å². The number of nitrogens with zero attached hydrogens (tertiary/aromatic N) is 5. The summed E-state index contributed by atoms with van der Waals surface area (Å²) in [6.07, 6.45) is -0.771. The highest BCUT2D eigenvalue weighted by Crippen LogP contribution is 2.36. The van der Waals surface area contributed by atoms with Gasteiger partial charge in [0.2, 0.25) is 5.91 Å². The summed E-state index contributed by atoms with van der Waals surface area (Å²) in [5.41, 5.74) is 5.32. The molecule has 2 atom stereocenters. The van der Waals surface area contributed by atoms with Gasteiger partial charge in [0.1, 0.15) is 12.1 Å². The van der Waals surface area contributed by atoms with Crippen LogP contribution in [0.15, 0.2) is 78.0 Å². The number of anilines is 1. The number of hydrogen-bond donors (Lipinski definition) is 1. The van der Waals surface area contributed by atoms with Gasteiger partial charge in [-0.1, -0.05) is 62.0 Å². The van der Waals surface area contributed by atoms with Gasteiger partial charge in [-0.3, -0.25) is 9.69 Å². The number of ether oxygens (including phenoxy) is 1. The van der Waals surface area contributed by atoms with Crippen LogP contribution in [0.3, 0.4) is 0 Å². The van der Waals surface area contributed by atoms with Crippen molar-refractivity contribution >= 4 is 34.6 Å². The highest BCUT2D eigenvalue weighted by molar-refractivity contribution is 8.15. The number of amidine groups is 1. The number of nitrogens with one attached hydrogen (secondary N) is 1. The molecule has 0 bridgehead atoms. The summed E-state index contributed by atoms with van der Waals surface area (Å²) in [7, 11) is 0. The summed E-state index contributed by atoms with van der Waals surface area (Å²) in [6, 6.07) is 18.9. The topological polar surface area (TPSA) is 102 Å². The largest absolute Gasteiger partial charge is 0.573 e. The van der Waals surface area contributed by atoms with E-state index in [1.807, 2.05) is 49.4 Å². The lowest BCUT2D eigenvalue weighted by atomic mass is 9.96. The van der Waals surface area contributed by atoms with Crippen molar-refractivity contribution in [1.82, 2.24) is 20.1 Å². The summed E-state index contributed by atoms with van der Waals surface area (Å²) in [5.74, 6) is 0.773. The van der Waals surface area contributed by atoms with E-state index >= 15 is 0 Å². The number of carbonyl (C=O) groups excluding carboxylic acids is 2. The molecule has 3 amide bonds. The fraction of sp³-hybridized carbons (Fsp3) is 0.324. The standard InChI is InChI=1S/C34H33F3N6O3S/c1-20(2)28-15-4-21(3)16-29(28)43-30(44)18-47-33(43)40-32(45)39-25-10-9-24(17-25)22-5-7-23(8-6-22)31-38-19-42(41-31)26-11-13-27(14-12-26)46-34(35,36)37/h4-8,11-16,19-20,24-25H,9-10,17-18H2,1-3H3,(H,39,45). The van der Waals surface area contributed by atoms with E-state index in [1.54, 1.807) is 4.90 Å². The Hall–Kier alpha value is -4.65. The monoisotopic (exact) mass is 662 g/mol. The highest BCUT2D eigenvalue weighted by atomic mass is 32.2. The van der Waals surface area contributed by atoms with Gasteiger partial charge in [0.25, 0.3) is 0 Å². The maximum atomic E-state index is 13.0. The first-order valence-corrected chi connectivity index (χ1v) is 16.3. The molecular formula is C34H33F3N6O3S. The van der Waals surface area contributed by atoms with E-state index in [1.165, 1.54) is 47.0 Å². The van der Waals surface area contributed by atoms with Gasteiger partial charge in [-0.05, 0) is 85.0 Å². The zero-order valence-corrected chi connectivity index (χ0v) is 26.8. The van der Waals surface area contributed by atoms with E-state index in [4.69, 9.17) is 0 Å². The van der Waals surface area contributed by atoms with Crippen LogP contribution in [0.4, 0.5) is 23.7 Å². The molecule has 1 N–H and O–H groups in total. The molecule has 0 radical (unpaired) electrons. The second kappa shape index (κ2) is 13.2. The molecule has 2 heterocycles. The lowest BCUT2D eigenvalue weighted by molar-refractivity contribution is -0.274. The number of hydrogen-bond acceptors (Lipinski definition) is 6. The number of aryl methyl sites for hydroxylation is 1. The first kappa shape index (κ1) is 32.3. The molecular weight excluding hydrogens is 629 g/mol. The van der Waals surface area contributed by atoms with E-state index in [-0.39, 0.29) is 35.3 Å². The third-order valence-corrected chi connectivity index (χ3v) is 9.16. The van der Waals surface area contributed by atoms with Crippen molar-refractivity contribution in [2.75, 3.05) is 10.7 Å². The van der Waals surface area contributed by atoms with Crippen LogP contribution in [0.25, 0.3) is 17.1 Å². The molecule has 9 nitrogen and oxygen atoms in total. The SMILES string of the molecule is Cc1ccc(C(C)C)c(N2C(=O)CSC2=NC(=O)NC2CCC(c3ccc(-c4ncn(-c5ccc(OC(F)(F)F)cc5)n4)cc3)C2)c1. The van der Waals surface area contributed by atoms with Crippen LogP contribution in [0.5, 0.6) is 5.75 Å². The second-order valence-corrected chi connectivity index (χ2v) is 12.9. The van der Waals surface area contributed by atoms with Gasteiger partial charge in [0, 0.05) is 11.6 Å². The number of halogens is 3. The smallest absolute Gasteiger partial charge is 0.406 e. The minimum absolute atomic E-state index is 0.0393. The first-order valence-electron chi connectivity index (χ1n) is 15.3. The quantitative estimate of drug-likeness (QED) is 0.217. The Kier molecular flexibility index (Phi) is 9.09. The summed E-state index contributed by atoms with van der Waals surface area (Å²) in [4.78, 5) is 36.2. The van der Waals surface area contributed by atoms with E-state index < -0.39 is 12.4 Å². The van der Waals surface area contributed by atoms with Crippen molar-refractivity contribution in [1.29, 1.82) is 0 Å². The maximum absolute atomic E-state index is 13.0. The van der Waals surface area contributed by atoms with Gasteiger partial charge in [0.15, 0.2) is 11.0 Å². The Balaban J connectivity index is 1.07. The lowest BCUT2D eigenvalue weighted by Gasteiger charge is -2.22. The van der Waals surface area contributed by atoms with Gasteiger partial charge in [-0.25, -0.2) is 14.5 Å². The molecule has 244 valence electrons. The zero-order valence-electron chi connectivity index (χ0n) is 26.0. The van der Waals surface area contributed by atoms with Crippen LogP contribution in [0, 0.1) is 6.92 Å². The molecule has 1 aliphatic carbocycles. The minimum Gasteiger partial charge on any atom is -0.406 e. The van der Waals surface area contributed by atoms with Crippen molar-refractivity contribution in [3.05, 3.63) is 89.7 Å². The zero-order chi connectivity index (χ0) is 33.3. The highest BCUT2D eigenvalue weighted by Gasteiger charge is 2.34. The molecule has 1 aromatic heterocycles. The van der Waals surface area contributed by atoms with Gasteiger partial charge in [0.05, 0.1) is 17.1 Å². The molecule has 1 saturated heterocycles. The number of carbonyl (C=O) groups is 2. The first-order chi connectivity index (χ1) is 22.4. The van der Waals surface area contributed by atoms with Crippen molar-refractivity contribution < 1.29 is 27.5 Å². The molecule has 4 aromatic rings. The fourth-order valence-corrected chi connectivity index (χ4v) is 6.81. The van der Waals surface area contributed by atoms with Gasteiger partial charge in [-0.15, -0.1) is 18.3 Å². The molecule has 1 saturated carbocycles. The van der Waals surface area contributed by atoms with E-state index in [2.05, 4.69) is 39.0 Å². The number of aliphatic imine (C=N–C) groups is 1. The Morgan fingerprint density at radius 3 is 2.51 bits per heavy atom. The molecule has 2 unspecified atom stereocenters. The van der Waals surface area contributed by atoms with Gasteiger partial charge >= 0.3 is 12.4 Å². The Labute approximate surface area is 274 Å². The number of rotatable bonds is 7. The van der Waals surface area contributed by atoms with Crippen molar-refractivity contribution in [2.24, 2.45) is 4.99 Å². The average Bonchev–Trinajstić information content (AvgIpc) is 3.77. The predicted molar refractivity (Wildman–Crippen MR) is 175 cm³/mol. The summed E-state index contributed by atoms with van der Waals surface area (Å²) in [5, 5.41) is 7.92. The maximum Gasteiger partial charge on any atom is 0.573 e. The third-order valence-electron chi connectivity index (χ3n) is 8.24. The van der Waals surface area contributed by atoms with Gasteiger partial charge in [-0.2, -0.15) is 4.99 Å². The Morgan fingerprint density at radius 1 is 1.06 bits per heavy atom. The van der Waals surface area contributed by atoms with E-state index in [9.17, 15) is 22.8 Å². The predicted octanol–water partition coefficient (Wildman–Crippen LogP) is 7.75. The van der Waals surface area contributed by atoms with E-state index in [0.717, 1.165) is 47.2 Å². The minimum atomic E-state index is -4.75. The lowest BCUT2D eigenvalue weighted by Crippen LogP contribution is -2.34. The average molecular weight is 663 g/mol. The van der Waals surface area contributed by atoms with Crippen molar-refractivity contribution in [2.45, 2.75) is 64.3 Å². The number of amides is 3. The second-order valence-electron chi connectivity index (χ2n) is 12.0. The van der Waals surface area contributed by atoms with Gasteiger partial charge < -0.3 is 10.1 Å². The molecule has 6 rings (SSSR count). The number of thioether (sulfide) groups is 1. The number of aromatic nitrogens is 3. The molecule has 47 heavy (non-hydrogen) atoms. The number of benzene rings is 3. The van der Waals surface area contributed by atoms with E-state index in [0.29, 0.717) is 16.7 Å². The molecule has 3 aromatic carbocycles. The summed E-state index contributed by atoms with van der Waals surface area (Å²) in [6.45, 7) is 6.13. The van der Waals surface area contributed by atoms with Crippen LogP contribution in [0.1, 0.15) is 61.6 Å². The molecule has 13 heteroatoms. The van der Waals surface area contributed by atoms with Crippen molar-refractivity contribution in [3.63, 3.8) is 0 Å². The number of urea groups is 1. The van der Waals surface area contributed by atoms with Crippen LogP contribution in [0.2, 0.25) is 0 Å². The Morgan fingerprint density at radius 2 is 1.81 bits per heavy atom. The normalized spacial score (nSPS) is 19.2. The van der Waals surface area contributed by atoms with Crippen LogP contribution < -0.4 is 15.0 Å². The number of alkyl halides is 3. The third kappa shape index (κ3) is 7.51. The van der Waals surface area contributed by atoms with Crippen LogP contribution >= 0.6 is 11.8 Å². The fourth-order valence-electron chi connectivity index (χ4n) is 5.95. The molecule has 0 spiro atoms. The summed E-state index contributed by atoms with van der Waals surface area (Å²) >= 11 is 1.28. The van der Waals surface area contributed by atoms with Crippen LogP contribution in [-0.4, -0.2) is 50.0 Å². The molecule has 2 fully saturated rings. The van der Waals surface area contributed by atoms with Crippen LogP contribution in [-0.2, 0) is 4.79 Å². The summed E-state index contributed by atoms with van der Waals surface area (Å²) < 4.78 is 42.8.